The minimum atomic E-state index is 0.465. The summed E-state index contributed by atoms with van der Waals surface area (Å²) < 4.78 is 4.70. The molecule has 4 heteroatoms. The lowest BCUT2D eigenvalue weighted by atomic mass is 10.0. The molecule has 9 rings (SSSR count). The Balaban J connectivity index is 1.12. The maximum Gasteiger partial charge on any atom is 0.0926 e. The summed E-state index contributed by atoms with van der Waals surface area (Å²) in [5, 5.41) is 17.5. The molecule has 0 saturated carbocycles. The van der Waals surface area contributed by atoms with Crippen LogP contribution in [0, 0.1) is 5.41 Å². The summed E-state index contributed by atoms with van der Waals surface area (Å²) in [6.45, 7) is 0.553. The quantitative estimate of drug-likeness (QED) is 0.159. The summed E-state index contributed by atoms with van der Waals surface area (Å²) in [4.78, 5) is 0. The molecular weight excluding hydrogens is 609 g/mol. The van der Waals surface area contributed by atoms with Gasteiger partial charge in [0.15, 0.2) is 0 Å². The minimum absolute atomic E-state index is 0.465. The van der Waals surface area contributed by atoms with E-state index in [1.54, 1.807) is 0 Å². The average Bonchev–Trinajstić information content (AvgIpc) is 3.69. The van der Waals surface area contributed by atoms with Gasteiger partial charge in [-0.1, -0.05) is 127 Å². The maximum atomic E-state index is 8.85. The zero-order valence-corrected chi connectivity index (χ0v) is 27.4. The van der Waals surface area contributed by atoms with Gasteiger partial charge in [-0.3, -0.25) is 0 Å². The van der Waals surface area contributed by atoms with Crippen LogP contribution in [0.2, 0.25) is 0 Å². The molecule has 0 spiro atoms. The van der Waals surface area contributed by atoms with Crippen molar-refractivity contribution in [1.82, 2.24) is 14.5 Å². The summed E-state index contributed by atoms with van der Waals surface area (Å²) in [6, 6.07) is 61.8. The molecule has 0 radical (unpaired) electrons. The molecule has 9 aromatic rings. The van der Waals surface area contributed by atoms with Gasteiger partial charge in [-0.15, -0.1) is 0 Å². The lowest BCUT2D eigenvalue weighted by Gasteiger charge is -2.15. The second-order valence-electron chi connectivity index (χ2n) is 12.6. The molecule has 0 fully saturated rings. The Kier molecular flexibility index (Phi) is 7.33. The Hall–Kier alpha value is -6.65. The van der Waals surface area contributed by atoms with Gasteiger partial charge in [-0.05, 0) is 76.9 Å². The van der Waals surface area contributed by atoms with Gasteiger partial charge in [-0.25, -0.2) is 0 Å². The predicted octanol–water partition coefficient (Wildman–Crippen LogP) is 11.2. The van der Waals surface area contributed by atoms with Crippen LogP contribution in [0.5, 0.6) is 0 Å². The number of nitrogens with zero attached hydrogens (tertiary/aromatic N) is 2. The van der Waals surface area contributed by atoms with E-state index in [1.165, 1.54) is 49.2 Å². The van der Waals surface area contributed by atoms with Gasteiger partial charge in [0.25, 0.3) is 0 Å². The van der Waals surface area contributed by atoms with Crippen LogP contribution in [0.1, 0.15) is 11.1 Å². The van der Waals surface area contributed by atoms with Crippen LogP contribution in [0.25, 0.3) is 66.1 Å². The molecule has 0 bridgehead atoms. The SMILES string of the molecule is N=C(/C=C(\NCn1c2ccccc2c2cc(-c3ccc4c(c3)c3ccccc3n4-c3ccccc3)ccc21)c1ccccc1)c1ccccc1. The first kappa shape index (κ1) is 29.5. The van der Waals surface area contributed by atoms with Crippen molar-refractivity contribution in [3.8, 4) is 16.8 Å². The molecule has 50 heavy (non-hydrogen) atoms. The van der Waals surface area contributed by atoms with Gasteiger partial charge in [0.2, 0.25) is 0 Å². The Bertz CT molecular complexity index is 2700. The van der Waals surface area contributed by atoms with Crippen LogP contribution in [-0.2, 0) is 6.67 Å². The molecule has 2 heterocycles. The number of nitrogens with one attached hydrogen (secondary N) is 2. The van der Waals surface area contributed by atoms with E-state index in [1.807, 2.05) is 54.6 Å². The van der Waals surface area contributed by atoms with E-state index >= 15 is 0 Å². The highest BCUT2D eigenvalue weighted by Crippen LogP contribution is 2.37. The van der Waals surface area contributed by atoms with Gasteiger partial charge >= 0.3 is 0 Å². The Morgan fingerprint density at radius 3 is 1.64 bits per heavy atom. The first-order valence-corrected chi connectivity index (χ1v) is 17.0. The smallest absolute Gasteiger partial charge is 0.0926 e. The second-order valence-corrected chi connectivity index (χ2v) is 12.6. The van der Waals surface area contributed by atoms with Crippen LogP contribution in [-0.4, -0.2) is 14.8 Å². The molecule has 2 aromatic heterocycles. The molecule has 0 saturated heterocycles. The Labute approximate surface area is 290 Å². The van der Waals surface area contributed by atoms with Crippen LogP contribution in [0.4, 0.5) is 0 Å². The lowest BCUT2D eigenvalue weighted by Crippen LogP contribution is -2.18. The van der Waals surface area contributed by atoms with E-state index in [9.17, 15) is 0 Å². The molecule has 7 aromatic carbocycles. The summed E-state index contributed by atoms with van der Waals surface area (Å²) in [7, 11) is 0. The Morgan fingerprint density at radius 2 is 0.960 bits per heavy atom. The molecule has 4 nitrogen and oxygen atoms in total. The standard InChI is InChI=1S/C46H34N4/c47-41(32-14-4-1-5-15-32)30-42(33-16-6-2-7-17-33)48-31-49-43-22-12-10-20-37(43)39-28-34(24-26-44(39)49)35-25-27-46-40(29-35)38-21-11-13-23-45(38)50(46)36-18-8-3-9-19-36/h1-30,47-48H,31H2/b42-30-,47-41?. The monoisotopic (exact) mass is 642 g/mol. The van der Waals surface area contributed by atoms with Gasteiger partial charge < -0.3 is 19.9 Å². The largest absolute Gasteiger partial charge is 0.367 e. The Morgan fingerprint density at radius 1 is 0.480 bits per heavy atom. The van der Waals surface area contributed by atoms with Crippen LogP contribution >= 0.6 is 0 Å². The molecule has 2 N–H and O–H groups in total. The summed E-state index contributed by atoms with van der Waals surface area (Å²) in [5.41, 5.74) is 11.6. The van der Waals surface area contributed by atoms with Crippen LogP contribution in [0.3, 0.4) is 0 Å². The number of rotatable bonds is 8. The van der Waals surface area contributed by atoms with Crippen molar-refractivity contribution in [1.29, 1.82) is 5.41 Å². The first-order valence-electron chi connectivity index (χ1n) is 17.0. The van der Waals surface area contributed by atoms with Crippen LogP contribution in [0.15, 0.2) is 182 Å². The molecule has 0 aliphatic carbocycles. The fraction of sp³-hybridized carbons (Fsp3) is 0.0217. The number of allylic oxidation sites excluding steroid dienone is 1. The zero-order chi connectivity index (χ0) is 33.4. The van der Waals surface area contributed by atoms with Gasteiger partial charge in [0.1, 0.15) is 0 Å². The van der Waals surface area contributed by atoms with Crippen molar-refractivity contribution in [2.75, 3.05) is 0 Å². The third kappa shape index (κ3) is 5.15. The molecule has 0 aliphatic rings. The number of benzene rings is 7. The fourth-order valence-electron chi connectivity index (χ4n) is 7.28. The molecule has 0 aliphatic heterocycles. The highest BCUT2D eigenvalue weighted by atomic mass is 15.1. The van der Waals surface area contributed by atoms with Gasteiger partial charge in [-0.2, -0.15) is 0 Å². The molecule has 0 unspecified atom stereocenters. The fourth-order valence-corrected chi connectivity index (χ4v) is 7.28. The van der Waals surface area contributed by atoms with Crippen molar-refractivity contribution in [2.45, 2.75) is 6.67 Å². The van der Waals surface area contributed by atoms with Crippen molar-refractivity contribution in [2.24, 2.45) is 0 Å². The van der Waals surface area contributed by atoms with Crippen molar-refractivity contribution < 1.29 is 0 Å². The molecule has 238 valence electrons. The topological polar surface area (TPSA) is 45.7 Å². The van der Waals surface area contributed by atoms with Crippen molar-refractivity contribution >= 4 is 55.0 Å². The van der Waals surface area contributed by atoms with Crippen molar-refractivity contribution in [3.63, 3.8) is 0 Å². The normalized spacial score (nSPS) is 11.9. The number of hydrogen-bond acceptors (Lipinski definition) is 2. The lowest BCUT2D eigenvalue weighted by molar-refractivity contribution is 0.696. The summed E-state index contributed by atoms with van der Waals surface area (Å²) in [5.74, 6) is 0. The highest BCUT2D eigenvalue weighted by molar-refractivity contribution is 6.12. The van der Waals surface area contributed by atoms with E-state index in [-0.39, 0.29) is 0 Å². The summed E-state index contributed by atoms with van der Waals surface area (Å²) >= 11 is 0. The third-order valence-corrected chi connectivity index (χ3v) is 9.68. The average molecular weight is 643 g/mol. The van der Waals surface area contributed by atoms with E-state index in [0.717, 1.165) is 28.0 Å². The first-order chi connectivity index (χ1) is 24.7. The number of para-hydroxylation sites is 3. The van der Waals surface area contributed by atoms with E-state index < -0.39 is 0 Å². The molecule has 0 atom stereocenters. The van der Waals surface area contributed by atoms with E-state index in [4.69, 9.17) is 5.41 Å². The van der Waals surface area contributed by atoms with Crippen LogP contribution < -0.4 is 5.32 Å². The molecule has 0 amide bonds. The van der Waals surface area contributed by atoms with E-state index in [0.29, 0.717) is 12.4 Å². The summed E-state index contributed by atoms with van der Waals surface area (Å²) in [6.07, 6.45) is 1.93. The highest BCUT2D eigenvalue weighted by Gasteiger charge is 2.16. The number of hydrogen-bond donors (Lipinski definition) is 2. The van der Waals surface area contributed by atoms with E-state index in [2.05, 4.69) is 142 Å². The van der Waals surface area contributed by atoms with Crippen molar-refractivity contribution in [3.05, 3.63) is 193 Å². The van der Waals surface area contributed by atoms with Gasteiger partial charge in [0.05, 0.1) is 34.4 Å². The zero-order valence-electron chi connectivity index (χ0n) is 27.4. The molecular formula is C46H34N4. The predicted molar refractivity (Wildman–Crippen MR) is 210 cm³/mol. The minimum Gasteiger partial charge on any atom is -0.367 e. The number of fused-ring (bicyclic) bond motifs is 6. The third-order valence-electron chi connectivity index (χ3n) is 9.68. The second kappa shape index (κ2) is 12.4. The maximum absolute atomic E-state index is 8.85. The van der Waals surface area contributed by atoms with Gasteiger partial charge in [0, 0.05) is 32.9 Å². The number of aromatic nitrogens is 2.